The monoisotopic (exact) mass is 516 g/mol. The van der Waals surface area contributed by atoms with Crippen molar-refractivity contribution in [2.75, 3.05) is 29.9 Å². The Balaban J connectivity index is 1.21. The van der Waals surface area contributed by atoms with E-state index in [1.54, 1.807) is 13.0 Å². The van der Waals surface area contributed by atoms with Crippen molar-refractivity contribution in [3.63, 3.8) is 0 Å². The van der Waals surface area contributed by atoms with Crippen LogP contribution in [-0.4, -0.2) is 58.8 Å². The smallest absolute Gasteiger partial charge is 0.324 e. The number of anilines is 2. The molecule has 2 fully saturated rings. The number of carbonyl (C=O) groups is 1. The maximum Gasteiger partial charge on any atom is 0.324 e. The van der Waals surface area contributed by atoms with Crippen molar-refractivity contribution in [2.24, 2.45) is 5.16 Å². The quantitative estimate of drug-likeness (QED) is 0.440. The molecule has 2 amide bonds. The number of nitrogens with zero attached hydrogens (tertiary/aromatic N) is 4. The van der Waals surface area contributed by atoms with Crippen molar-refractivity contribution in [3.05, 3.63) is 35.4 Å². The minimum atomic E-state index is -0.549. The maximum atomic E-state index is 14.6. The van der Waals surface area contributed by atoms with Crippen LogP contribution < -0.4 is 15.5 Å². The molecule has 1 aliphatic carbocycles. The van der Waals surface area contributed by atoms with Gasteiger partial charge in [-0.3, -0.25) is 0 Å². The number of amides is 2. The lowest BCUT2D eigenvalue weighted by molar-refractivity contribution is 0.0401. The summed E-state index contributed by atoms with van der Waals surface area (Å²) in [6, 6.07) is 4.56. The van der Waals surface area contributed by atoms with Gasteiger partial charge >= 0.3 is 12.0 Å². The van der Waals surface area contributed by atoms with Gasteiger partial charge in [-0.25, -0.2) is 9.18 Å². The molecule has 2 aliphatic rings. The number of aromatic nitrogens is 2. The van der Waals surface area contributed by atoms with Crippen LogP contribution in [0.4, 0.5) is 20.9 Å². The van der Waals surface area contributed by atoms with Crippen molar-refractivity contribution in [2.45, 2.75) is 83.3 Å². The van der Waals surface area contributed by atoms with Gasteiger partial charge in [0.2, 0.25) is 0 Å². The summed E-state index contributed by atoms with van der Waals surface area (Å²) in [5, 5.41) is 22.5. The molecule has 2 aromatic rings. The first-order chi connectivity index (χ1) is 17.8. The fraction of sp³-hybridized carbons (Fsp3) is 0.615. The zero-order chi connectivity index (χ0) is 26.4. The average Bonchev–Trinajstić information content (AvgIpc) is 3.40. The Bertz CT molecular complexity index is 1070. The third-order valence-corrected chi connectivity index (χ3v) is 6.92. The van der Waals surface area contributed by atoms with Crippen molar-refractivity contribution in [1.29, 1.82) is 0 Å². The minimum absolute atomic E-state index is 0.0701. The first kappa shape index (κ1) is 26.8. The molecule has 10 nitrogen and oxygen atoms in total. The molecule has 4 rings (SSSR count). The van der Waals surface area contributed by atoms with E-state index in [0.717, 1.165) is 68.7 Å². The zero-order valence-corrected chi connectivity index (χ0v) is 21.7. The Labute approximate surface area is 216 Å². The summed E-state index contributed by atoms with van der Waals surface area (Å²) in [6.07, 6.45) is 5.12. The highest BCUT2D eigenvalue weighted by Gasteiger charge is 2.26. The van der Waals surface area contributed by atoms with Gasteiger partial charge in [-0.15, -0.1) is 0 Å². The molecule has 1 saturated carbocycles. The third-order valence-electron chi connectivity index (χ3n) is 6.92. The molecule has 0 bridgehead atoms. The Morgan fingerprint density at radius 3 is 2.59 bits per heavy atom. The summed E-state index contributed by atoms with van der Waals surface area (Å²) in [5.41, 5.74) is 2.08. The molecule has 11 heteroatoms. The second-order valence-electron chi connectivity index (χ2n) is 10.2. The van der Waals surface area contributed by atoms with Gasteiger partial charge in [0.15, 0.2) is 5.82 Å². The van der Waals surface area contributed by atoms with Gasteiger partial charge in [0.1, 0.15) is 11.9 Å². The molecule has 0 radical (unpaired) electrons. The number of urea groups is 1. The van der Waals surface area contributed by atoms with Crippen LogP contribution in [0.2, 0.25) is 0 Å². The number of rotatable bonds is 8. The van der Waals surface area contributed by atoms with Gasteiger partial charge in [-0.05, 0) is 56.2 Å². The van der Waals surface area contributed by atoms with Gasteiger partial charge in [0.05, 0.1) is 24.0 Å². The molecule has 1 atom stereocenters. The van der Waals surface area contributed by atoms with E-state index < -0.39 is 17.9 Å². The first-order valence-corrected chi connectivity index (χ1v) is 13.1. The van der Waals surface area contributed by atoms with E-state index in [2.05, 4.69) is 30.8 Å². The number of oxime groups is 1. The summed E-state index contributed by atoms with van der Waals surface area (Å²) in [7, 11) is 0. The van der Waals surface area contributed by atoms with Crippen LogP contribution in [0, 0.1) is 5.82 Å². The average molecular weight is 517 g/mol. The normalized spacial score (nSPS) is 19.6. The summed E-state index contributed by atoms with van der Waals surface area (Å²) >= 11 is 0. The molecule has 3 N–H and O–H groups in total. The lowest BCUT2D eigenvalue weighted by Gasteiger charge is -2.29. The molecule has 1 aliphatic heterocycles. The fourth-order valence-electron chi connectivity index (χ4n) is 4.58. The van der Waals surface area contributed by atoms with Crippen molar-refractivity contribution in [1.82, 2.24) is 15.5 Å². The van der Waals surface area contributed by atoms with Crippen LogP contribution in [0.1, 0.15) is 82.5 Å². The Morgan fingerprint density at radius 1 is 1.24 bits per heavy atom. The predicted octanol–water partition coefficient (Wildman–Crippen LogP) is 4.53. The Morgan fingerprint density at radius 2 is 1.97 bits per heavy atom. The molecule has 202 valence electrons. The fourth-order valence-corrected chi connectivity index (χ4v) is 4.58. The number of hydrogen-bond acceptors (Lipinski definition) is 8. The lowest BCUT2D eigenvalue weighted by Crippen LogP contribution is -2.38. The van der Waals surface area contributed by atoms with E-state index >= 15 is 0 Å². The van der Waals surface area contributed by atoms with Crippen LogP contribution in [0.3, 0.4) is 0 Å². The standard InChI is InChI=1S/C26H37FN6O4/c1-16(2)24-30-26(37-32-24)33-12-10-21(11-13-33)36-31-20-7-4-18(5-8-20)19-6-9-23(22(27)14-19)29-25(35)28-17(3)15-34/h6,9,14,16-18,21,34H,4-5,7-8,10-13,15H2,1-3H3,(H2,28,29,35). The number of hydrogen-bond donors (Lipinski definition) is 3. The van der Waals surface area contributed by atoms with Crippen LogP contribution in [0.15, 0.2) is 27.9 Å². The van der Waals surface area contributed by atoms with E-state index in [4.69, 9.17) is 14.5 Å². The summed E-state index contributed by atoms with van der Waals surface area (Å²) < 4.78 is 20.0. The number of carbonyl (C=O) groups excluding carboxylic acids is 1. The minimum Gasteiger partial charge on any atom is -0.394 e. The number of aliphatic hydroxyl groups excluding tert-OH is 1. The molecule has 1 aromatic heterocycles. The maximum absolute atomic E-state index is 14.6. The van der Waals surface area contributed by atoms with E-state index in [1.165, 1.54) is 6.07 Å². The van der Waals surface area contributed by atoms with Gasteiger partial charge in [0, 0.05) is 31.8 Å². The van der Waals surface area contributed by atoms with Gasteiger partial charge < -0.3 is 30.0 Å². The molecule has 37 heavy (non-hydrogen) atoms. The number of piperidine rings is 1. The summed E-state index contributed by atoms with van der Waals surface area (Å²) in [5.74, 6) is 0.722. The van der Waals surface area contributed by atoms with Crippen molar-refractivity contribution >= 4 is 23.4 Å². The third kappa shape index (κ3) is 7.18. The Hall–Kier alpha value is -3.21. The van der Waals surface area contributed by atoms with Crippen LogP contribution in [0.25, 0.3) is 0 Å². The lowest BCUT2D eigenvalue weighted by atomic mass is 9.83. The first-order valence-electron chi connectivity index (χ1n) is 13.1. The molecule has 1 saturated heterocycles. The number of nitrogens with one attached hydrogen (secondary N) is 2. The zero-order valence-electron chi connectivity index (χ0n) is 21.7. The second-order valence-corrected chi connectivity index (χ2v) is 10.2. The van der Waals surface area contributed by atoms with Gasteiger partial charge in [0.25, 0.3) is 0 Å². The molecule has 2 heterocycles. The number of aliphatic hydroxyl groups is 1. The van der Waals surface area contributed by atoms with E-state index in [1.807, 2.05) is 19.9 Å². The van der Waals surface area contributed by atoms with Crippen molar-refractivity contribution < 1.29 is 23.7 Å². The van der Waals surface area contributed by atoms with Crippen molar-refractivity contribution in [3.8, 4) is 0 Å². The number of halogens is 1. The van der Waals surface area contributed by atoms with Crippen LogP contribution in [0.5, 0.6) is 0 Å². The highest BCUT2D eigenvalue weighted by molar-refractivity contribution is 5.89. The molecular weight excluding hydrogens is 479 g/mol. The molecule has 0 spiro atoms. The van der Waals surface area contributed by atoms with Crippen LogP contribution >= 0.6 is 0 Å². The number of benzene rings is 1. The van der Waals surface area contributed by atoms with Crippen LogP contribution in [-0.2, 0) is 4.84 Å². The van der Waals surface area contributed by atoms with Gasteiger partial charge in [-0.2, -0.15) is 4.98 Å². The SMILES string of the molecule is CC(CO)NC(=O)Nc1ccc(C2CCC(=NOC3CCN(c4nc(C(C)C)no4)CC3)CC2)cc1F. The molecule has 1 aromatic carbocycles. The predicted molar refractivity (Wildman–Crippen MR) is 138 cm³/mol. The molecular formula is C26H37FN6O4. The highest BCUT2D eigenvalue weighted by Crippen LogP contribution is 2.33. The molecule has 1 unspecified atom stereocenters. The Kier molecular flexibility index (Phi) is 8.96. The second kappa shape index (κ2) is 12.4. The van der Waals surface area contributed by atoms with E-state index in [9.17, 15) is 9.18 Å². The summed E-state index contributed by atoms with van der Waals surface area (Å²) in [6.45, 7) is 7.13. The highest BCUT2D eigenvalue weighted by atomic mass is 19.1. The van der Waals surface area contributed by atoms with E-state index in [0.29, 0.717) is 6.01 Å². The summed E-state index contributed by atoms with van der Waals surface area (Å²) in [4.78, 5) is 24.3. The van der Waals surface area contributed by atoms with Gasteiger partial charge in [-0.1, -0.05) is 30.2 Å². The topological polar surface area (TPSA) is 125 Å². The largest absolute Gasteiger partial charge is 0.394 e. The van der Waals surface area contributed by atoms with E-state index in [-0.39, 0.29) is 30.2 Å².